The third kappa shape index (κ3) is 4.20. The number of nitrogens with one attached hydrogen (secondary N) is 1. The van der Waals surface area contributed by atoms with Gasteiger partial charge in [0.25, 0.3) is 0 Å². The Kier molecular flexibility index (Phi) is 5.33. The molecule has 0 saturated carbocycles. The first-order valence-corrected chi connectivity index (χ1v) is 11.2. The quantitative estimate of drug-likeness (QED) is 0.449. The van der Waals surface area contributed by atoms with Crippen LogP contribution in [0.15, 0.2) is 72.8 Å². The van der Waals surface area contributed by atoms with Crippen molar-refractivity contribution in [1.82, 2.24) is 4.98 Å². The van der Waals surface area contributed by atoms with Crippen molar-refractivity contribution in [1.29, 1.82) is 0 Å². The molecule has 4 aromatic rings. The molecule has 5 rings (SSSR count). The predicted octanol–water partition coefficient (Wildman–Crippen LogP) is 5.39. The molecule has 1 N–H and O–H groups in total. The molecule has 0 radical (unpaired) electrons. The lowest BCUT2D eigenvalue weighted by Crippen LogP contribution is -2.28. The summed E-state index contributed by atoms with van der Waals surface area (Å²) < 4.78 is 6.87. The highest BCUT2D eigenvalue weighted by Crippen LogP contribution is 2.31. The molecule has 1 unspecified atom stereocenters. The fraction of sp³-hybridized carbons (Fsp3) is 0.160. The van der Waals surface area contributed by atoms with Crippen molar-refractivity contribution in [2.24, 2.45) is 5.92 Å². The molecule has 3 aromatic carbocycles. The SMILES string of the molecule is Cc1nc2cc(N3CC(C(=O)Nc4ccc(Oc5ccccc5)cc4)CC3=O)ccc2s1. The van der Waals surface area contributed by atoms with Crippen molar-refractivity contribution in [2.75, 3.05) is 16.8 Å². The number of hydrogen-bond acceptors (Lipinski definition) is 5. The lowest BCUT2D eigenvalue weighted by Gasteiger charge is -2.17. The Balaban J connectivity index is 1.23. The molecule has 1 fully saturated rings. The van der Waals surface area contributed by atoms with Crippen LogP contribution in [0.5, 0.6) is 11.5 Å². The molecule has 2 amide bonds. The molecule has 7 heteroatoms. The lowest BCUT2D eigenvalue weighted by molar-refractivity contribution is -0.122. The minimum Gasteiger partial charge on any atom is -0.457 e. The molecule has 1 atom stereocenters. The fourth-order valence-electron chi connectivity index (χ4n) is 3.81. The van der Waals surface area contributed by atoms with Crippen molar-refractivity contribution in [3.63, 3.8) is 0 Å². The Hall–Kier alpha value is -3.71. The molecular weight excluding hydrogens is 422 g/mol. The largest absolute Gasteiger partial charge is 0.457 e. The number of carbonyl (C=O) groups excluding carboxylic acids is 2. The smallest absolute Gasteiger partial charge is 0.229 e. The number of ether oxygens (including phenoxy) is 1. The van der Waals surface area contributed by atoms with Gasteiger partial charge in [-0.15, -0.1) is 11.3 Å². The van der Waals surface area contributed by atoms with E-state index in [0.29, 0.717) is 18.0 Å². The molecule has 160 valence electrons. The summed E-state index contributed by atoms with van der Waals surface area (Å²) in [5, 5.41) is 3.90. The number of rotatable bonds is 5. The van der Waals surface area contributed by atoms with E-state index < -0.39 is 5.92 Å². The Bertz CT molecular complexity index is 1290. The number of fused-ring (bicyclic) bond motifs is 1. The summed E-state index contributed by atoms with van der Waals surface area (Å²) in [5.74, 6) is 0.811. The van der Waals surface area contributed by atoms with Crippen LogP contribution in [-0.2, 0) is 9.59 Å². The minimum atomic E-state index is -0.407. The monoisotopic (exact) mass is 443 g/mol. The second-order valence-corrected chi connectivity index (χ2v) is 8.95. The number of amides is 2. The zero-order valence-electron chi connectivity index (χ0n) is 17.4. The van der Waals surface area contributed by atoms with Gasteiger partial charge in [-0.25, -0.2) is 4.98 Å². The van der Waals surface area contributed by atoms with Crippen LogP contribution in [0.4, 0.5) is 11.4 Å². The molecular formula is C25H21N3O3S. The Morgan fingerprint density at radius 1 is 1.06 bits per heavy atom. The normalized spacial score (nSPS) is 15.8. The first kappa shape index (κ1) is 20.2. The topological polar surface area (TPSA) is 71.5 Å². The van der Waals surface area contributed by atoms with E-state index in [4.69, 9.17) is 4.74 Å². The van der Waals surface area contributed by atoms with Crippen molar-refractivity contribution in [2.45, 2.75) is 13.3 Å². The van der Waals surface area contributed by atoms with E-state index in [0.717, 1.165) is 26.7 Å². The van der Waals surface area contributed by atoms with Crippen LogP contribution in [0.25, 0.3) is 10.2 Å². The van der Waals surface area contributed by atoms with Gasteiger partial charge in [-0.1, -0.05) is 18.2 Å². The first-order valence-electron chi connectivity index (χ1n) is 10.4. The number of carbonyl (C=O) groups is 2. The number of nitrogens with zero attached hydrogens (tertiary/aromatic N) is 2. The van der Waals surface area contributed by atoms with Crippen LogP contribution in [0.3, 0.4) is 0 Å². The van der Waals surface area contributed by atoms with Crippen molar-refractivity contribution >= 4 is 44.7 Å². The van der Waals surface area contributed by atoms with Crippen LogP contribution in [0.2, 0.25) is 0 Å². The summed E-state index contributed by atoms with van der Waals surface area (Å²) in [6, 6.07) is 22.5. The van der Waals surface area contributed by atoms with Crippen LogP contribution < -0.4 is 15.0 Å². The van der Waals surface area contributed by atoms with Gasteiger partial charge in [-0.2, -0.15) is 0 Å². The summed E-state index contributed by atoms with van der Waals surface area (Å²) in [7, 11) is 0. The van der Waals surface area contributed by atoms with Crippen molar-refractivity contribution in [3.8, 4) is 11.5 Å². The Morgan fingerprint density at radius 2 is 1.81 bits per heavy atom. The van der Waals surface area contributed by atoms with Gasteiger partial charge in [0, 0.05) is 24.3 Å². The zero-order chi connectivity index (χ0) is 22.1. The number of para-hydroxylation sites is 1. The van der Waals surface area contributed by atoms with Gasteiger partial charge in [-0.05, 0) is 61.5 Å². The summed E-state index contributed by atoms with van der Waals surface area (Å²) in [5.41, 5.74) is 2.33. The number of thiazole rings is 1. The number of aromatic nitrogens is 1. The number of aryl methyl sites for hydroxylation is 1. The van der Waals surface area contributed by atoms with Gasteiger partial charge >= 0.3 is 0 Å². The molecule has 1 aliphatic heterocycles. The van der Waals surface area contributed by atoms with Crippen LogP contribution in [0, 0.1) is 12.8 Å². The fourth-order valence-corrected chi connectivity index (χ4v) is 4.61. The Labute approximate surface area is 189 Å². The maximum absolute atomic E-state index is 12.8. The van der Waals surface area contributed by atoms with Crippen LogP contribution >= 0.6 is 11.3 Å². The highest BCUT2D eigenvalue weighted by Gasteiger charge is 2.35. The van der Waals surface area contributed by atoms with Gasteiger partial charge in [0.05, 0.1) is 21.1 Å². The van der Waals surface area contributed by atoms with Crippen molar-refractivity contribution < 1.29 is 14.3 Å². The molecule has 0 spiro atoms. The minimum absolute atomic E-state index is 0.0527. The molecule has 2 heterocycles. The maximum atomic E-state index is 12.8. The first-order chi connectivity index (χ1) is 15.5. The second kappa shape index (κ2) is 8.43. The molecule has 1 aliphatic rings. The van der Waals surface area contributed by atoms with E-state index in [-0.39, 0.29) is 18.2 Å². The predicted molar refractivity (Wildman–Crippen MR) is 126 cm³/mol. The molecule has 1 aromatic heterocycles. The van der Waals surface area contributed by atoms with E-state index in [2.05, 4.69) is 10.3 Å². The standard InChI is InChI=1S/C25H21N3O3S/c1-16-26-22-14-19(9-12-23(22)32-16)28-15-17(13-24(28)29)25(30)27-18-7-10-21(11-8-18)31-20-5-3-2-4-6-20/h2-12,14,17H,13,15H2,1H3,(H,27,30). The third-order valence-electron chi connectivity index (χ3n) is 5.39. The zero-order valence-corrected chi connectivity index (χ0v) is 18.3. The molecule has 1 saturated heterocycles. The summed E-state index contributed by atoms with van der Waals surface area (Å²) in [6.07, 6.45) is 0.190. The highest BCUT2D eigenvalue weighted by molar-refractivity contribution is 7.18. The van der Waals surface area contributed by atoms with Gasteiger partial charge in [-0.3, -0.25) is 9.59 Å². The maximum Gasteiger partial charge on any atom is 0.229 e. The second-order valence-electron chi connectivity index (χ2n) is 7.72. The molecule has 6 nitrogen and oxygen atoms in total. The summed E-state index contributed by atoms with van der Waals surface area (Å²) in [4.78, 5) is 31.6. The lowest BCUT2D eigenvalue weighted by atomic mass is 10.1. The average molecular weight is 444 g/mol. The van der Waals surface area contributed by atoms with E-state index in [1.807, 2.05) is 55.5 Å². The summed E-state index contributed by atoms with van der Waals surface area (Å²) in [6.45, 7) is 2.32. The number of benzene rings is 3. The van der Waals surface area contributed by atoms with E-state index >= 15 is 0 Å². The van der Waals surface area contributed by atoms with Crippen molar-refractivity contribution in [3.05, 3.63) is 77.8 Å². The third-order valence-corrected chi connectivity index (χ3v) is 6.34. The van der Waals surface area contributed by atoms with Gasteiger partial charge in [0.15, 0.2) is 0 Å². The van der Waals surface area contributed by atoms with E-state index in [9.17, 15) is 9.59 Å². The van der Waals surface area contributed by atoms with E-state index in [1.54, 1.807) is 40.5 Å². The van der Waals surface area contributed by atoms with Crippen LogP contribution in [-0.4, -0.2) is 23.3 Å². The highest BCUT2D eigenvalue weighted by atomic mass is 32.1. The number of anilines is 2. The summed E-state index contributed by atoms with van der Waals surface area (Å²) >= 11 is 1.62. The molecule has 32 heavy (non-hydrogen) atoms. The average Bonchev–Trinajstić information content (AvgIpc) is 3.37. The molecule has 0 bridgehead atoms. The Morgan fingerprint density at radius 3 is 2.59 bits per heavy atom. The van der Waals surface area contributed by atoms with E-state index in [1.165, 1.54) is 0 Å². The van der Waals surface area contributed by atoms with Gasteiger partial charge in [0.2, 0.25) is 11.8 Å². The van der Waals surface area contributed by atoms with Crippen LogP contribution in [0.1, 0.15) is 11.4 Å². The van der Waals surface area contributed by atoms with Gasteiger partial charge in [0.1, 0.15) is 11.5 Å². The number of hydrogen-bond donors (Lipinski definition) is 1. The molecule has 0 aliphatic carbocycles. The van der Waals surface area contributed by atoms with Gasteiger partial charge < -0.3 is 15.0 Å².